The molecule has 4 rings (SSSR count). The Labute approximate surface area is 182 Å². The van der Waals surface area contributed by atoms with Crippen LogP contribution >= 0.6 is 22.9 Å². The van der Waals surface area contributed by atoms with Crippen molar-refractivity contribution >= 4 is 45.8 Å². The van der Waals surface area contributed by atoms with Gasteiger partial charge in [0.1, 0.15) is 0 Å². The van der Waals surface area contributed by atoms with E-state index in [0.717, 1.165) is 16.9 Å². The smallest absolute Gasteiger partial charge is 0.407 e. The van der Waals surface area contributed by atoms with Crippen molar-refractivity contribution in [3.8, 4) is 11.3 Å². The first kappa shape index (κ1) is 20.2. The normalized spacial score (nSPS) is 13.9. The van der Waals surface area contributed by atoms with Crippen LogP contribution in [0.25, 0.3) is 11.3 Å². The summed E-state index contributed by atoms with van der Waals surface area (Å²) in [6, 6.07) is 14.7. The second-order valence-electron chi connectivity index (χ2n) is 6.78. The molecule has 7 nitrogen and oxygen atoms in total. The third-order valence-electron chi connectivity index (χ3n) is 4.92. The number of carboxylic acid groups (broad SMARTS) is 1. The first-order valence-electron chi connectivity index (χ1n) is 9.36. The third-order valence-corrected chi connectivity index (χ3v) is 6.01. The molecule has 0 saturated carbocycles. The van der Waals surface area contributed by atoms with Gasteiger partial charge in [0.15, 0.2) is 5.13 Å². The van der Waals surface area contributed by atoms with Crippen LogP contribution in [-0.4, -0.2) is 53.2 Å². The second kappa shape index (κ2) is 8.73. The summed E-state index contributed by atoms with van der Waals surface area (Å²) < 4.78 is 0. The van der Waals surface area contributed by atoms with Gasteiger partial charge in [0.2, 0.25) is 0 Å². The number of piperazine rings is 1. The zero-order valence-electron chi connectivity index (χ0n) is 15.9. The lowest BCUT2D eigenvalue weighted by Crippen LogP contribution is -2.48. The summed E-state index contributed by atoms with van der Waals surface area (Å²) >= 11 is 7.56. The van der Waals surface area contributed by atoms with Gasteiger partial charge in [-0.1, -0.05) is 29.8 Å². The Morgan fingerprint density at radius 2 is 1.73 bits per heavy atom. The standard InChI is InChI=1S/C21H19ClN4O3S/c22-17-4-2-1-3-16(17)18-13-30-20(23-18)24-19(27)14-5-7-15(8-6-14)25-9-11-26(12-10-25)21(28)29/h1-8,13H,9-12H2,(H,28,29)(H,23,24,27). The Bertz CT molecular complexity index is 1060. The van der Waals surface area contributed by atoms with E-state index in [1.807, 2.05) is 35.7 Å². The zero-order valence-corrected chi connectivity index (χ0v) is 17.5. The number of aromatic nitrogens is 1. The maximum absolute atomic E-state index is 12.6. The van der Waals surface area contributed by atoms with Gasteiger partial charge in [0, 0.05) is 53.4 Å². The van der Waals surface area contributed by atoms with E-state index >= 15 is 0 Å². The number of carbonyl (C=O) groups excluding carboxylic acids is 1. The molecule has 1 aliphatic heterocycles. The number of rotatable bonds is 4. The molecule has 0 radical (unpaired) electrons. The van der Waals surface area contributed by atoms with Gasteiger partial charge in [-0.3, -0.25) is 10.1 Å². The van der Waals surface area contributed by atoms with Gasteiger partial charge >= 0.3 is 6.09 Å². The minimum absolute atomic E-state index is 0.239. The summed E-state index contributed by atoms with van der Waals surface area (Å²) in [5, 5.41) is 14.8. The Morgan fingerprint density at radius 1 is 1.03 bits per heavy atom. The quantitative estimate of drug-likeness (QED) is 0.620. The number of anilines is 2. The zero-order chi connectivity index (χ0) is 21.1. The van der Waals surface area contributed by atoms with E-state index in [2.05, 4.69) is 15.2 Å². The summed E-state index contributed by atoms with van der Waals surface area (Å²) in [6.07, 6.45) is -0.887. The molecule has 9 heteroatoms. The van der Waals surface area contributed by atoms with Crippen molar-refractivity contribution in [1.29, 1.82) is 0 Å². The number of nitrogens with one attached hydrogen (secondary N) is 1. The molecule has 2 aromatic carbocycles. The predicted molar refractivity (Wildman–Crippen MR) is 119 cm³/mol. The van der Waals surface area contributed by atoms with Crippen LogP contribution in [0.15, 0.2) is 53.9 Å². The highest BCUT2D eigenvalue weighted by Crippen LogP contribution is 2.30. The first-order valence-corrected chi connectivity index (χ1v) is 10.6. The molecule has 2 amide bonds. The number of hydrogen-bond donors (Lipinski definition) is 2. The summed E-state index contributed by atoms with van der Waals surface area (Å²) in [7, 11) is 0. The fraction of sp³-hybridized carbons (Fsp3) is 0.190. The molecule has 1 fully saturated rings. The Balaban J connectivity index is 1.39. The molecule has 0 aliphatic carbocycles. The molecule has 2 N–H and O–H groups in total. The number of benzene rings is 2. The molecule has 1 aromatic heterocycles. The van der Waals surface area contributed by atoms with Crippen molar-refractivity contribution in [1.82, 2.24) is 9.88 Å². The van der Waals surface area contributed by atoms with Gasteiger partial charge in [-0.2, -0.15) is 0 Å². The molecule has 3 aromatic rings. The molecule has 1 saturated heterocycles. The number of nitrogens with zero attached hydrogens (tertiary/aromatic N) is 3. The molecule has 154 valence electrons. The molecule has 0 atom stereocenters. The maximum atomic E-state index is 12.6. The SMILES string of the molecule is O=C(Nc1nc(-c2ccccc2Cl)cs1)c1ccc(N2CCN(C(=O)O)CC2)cc1. The first-order chi connectivity index (χ1) is 14.5. The average molecular weight is 443 g/mol. The number of amides is 2. The molecular formula is C21H19ClN4O3S. The Kier molecular flexibility index (Phi) is 5.87. The fourth-order valence-electron chi connectivity index (χ4n) is 3.27. The summed E-state index contributed by atoms with van der Waals surface area (Å²) in [4.78, 5) is 31.6. The largest absolute Gasteiger partial charge is 0.465 e. The molecule has 30 heavy (non-hydrogen) atoms. The molecular weight excluding hydrogens is 424 g/mol. The van der Waals surface area contributed by atoms with E-state index in [1.165, 1.54) is 16.2 Å². The number of hydrogen-bond acceptors (Lipinski definition) is 5. The molecule has 1 aliphatic rings. The van der Waals surface area contributed by atoms with Crippen molar-refractivity contribution in [2.45, 2.75) is 0 Å². The highest BCUT2D eigenvalue weighted by molar-refractivity contribution is 7.14. The summed E-state index contributed by atoms with van der Waals surface area (Å²) in [5.41, 5.74) is 3.03. The molecule has 0 spiro atoms. The van der Waals surface area contributed by atoms with Crippen LogP contribution in [0.1, 0.15) is 10.4 Å². The minimum atomic E-state index is -0.887. The van der Waals surface area contributed by atoms with E-state index < -0.39 is 6.09 Å². The van der Waals surface area contributed by atoms with Crippen LogP contribution in [0.2, 0.25) is 5.02 Å². The maximum Gasteiger partial charge on any atom is 0.407 e. The van der Waals surface area contributed by atoms with Gasteiger partial charge in [0.05, 0.1) is 5.69 Å². The summed E-state index contributed by atoms with van der Waals surface area (Å²) in [5.74, 6) is -0.239. The topological polar surface area (TPSA) is 85.8 Å². The number of carbonyl (C=O) groups is 2. The number of thiazole rings is 1. The van der Waals surface area contributed by atoms with Gasteiger partial charge in [-0.25, -0.2) is 9.78 Å². The summed E-state index contributed by atoms with van der Waals surface area (Å²) in [6.45, 7) is 2.19. The van der Waals surface area contributed by atoms with E-state index in [0.29, 0.717) is 41.9 Å². The lowest BCUT2D eigenvalue weighted by Gasteiger charge is -2.34. The lowest BCUT2D eigenvalue weighted by atomic mass is 10.1. The van der Waals surface area contributed by atoms with E-state index in [9.17, 15) is 9.59 Å². The van der Waals surface area contributed by atoms with Crippen LogP contribution in [0.4, 0.5) is 15.6 Å². The predicted octanol–water partition coefficient (Wildman–Crippen LogP) is 4.52. The minimum Gasteiger partial charge on any atom is -0.465 e. The van der Waals surface area contributed by atoms with E-state index in [-0.39, 0.29) is 5.91 Å². The monoisotopic (exact) mass is 442 g/mol. The number of halogens is 1. The van der Waals surface area contributed by atoms with Crippen molar-refractivity contribution in [3.05, 3.63) is 64.5 Å². The van der Waals surface area contributed by atoms with Gasteiger partial charge in [-0.15, -0.1) is 11.3 Å². The molecule has 0 bridgehead atoms. The Hall–Kier alpha value is -3.10. The van der Waals surface area contributed by atoms with E-state index in [4.69, 9.17) is 16.7 Å². The van der Waals surface area contributed by atoms with Gasteiger partial charge in [-0.05, 0) is 30.3 Å². The molecule has 2 heterocycles. The average Bonchev–Trinajstić information content (AvgIpc) is 3.22. The highest BCUT2D eigenvalue weighted by Gasteiger charge is 2.20. The van der Waals surface area contributed by atoms with Gasteiger partial charge in [0.25, 0.3) is 5.91 Å². The second-order valence-corrected chi connectivity index (χ2v) is 8.04. The van der Waals surface area contributed by atoms with Crippen LogP contribution in [0, 0.1) is 0 Å². The van der Waals surface area contributed by atoms with Gasteiger partial charge < -0.3 is 14.9 Å². The van der Waals surface area contributed by atoms with Crippen molar-refractivity contribution in [3.63, 3.8) is 0 Å². The molecule has 0 unspecified atom stereocenters. The van der Waals surface area contributed by atoms with Crippen LogP contribution in [-0.2, 0) is 0 Å². The lowest BCUT2D eigenvalue weighted by molar-refractivity contribution is 0.102. The van der Waals surface area contributed by atoms with Crippen molar-refractivity contribution in [2.24, 2.45) is 0 Å². The van der Waals surface area contributed by atoms with E-state index in [1.54, 1.807) is 18.2 Å². The van der Waals surface area contributed by atoms with Crippen molar-refractivity contribution < 1.29 is 14.7 Å². The Morgan fingerprint density at radius 3 is 2.40 bits per heavy atom. The van der Waals surface area contributed by atoms with Crippen molar-refractivity contribution in [2.75, 3.05) is 36.4 Å². The third kappa shape index (κ3) is 4.39. The fourth-order valence-corrected chi connectivity index (χ4v) is 4.21. The highest BCUT2D eigenvalue weighted by atomic mass is 35.5. The van der Waals surface area contributed by atoms with Crippen LogP contribution in [0.5, 0.6) is 0 Å². The van der Waals surface area contributed by atoms with Crippen LogP contribution in [0.3, 0.4) is 0 Å². The van der Waals surface area contributed by atoms with Crippen LogP contribution < -0.4 is 10.2 Å².